The number of piperidine rings is 1. The molecule has 7 nitrogen and oxygen atoms in total. The van der Waals surface area contributed by atoms with Gasteiger partial charge in [0.05, 0.1) is 7.11 Å². The number of nitrogens with zero attached hydrogens (tertiary/aromatic N) is 3. The Bertz CT molecular complexity index is 799. The SMILES string of the molecule is COc1ccc(Nc2ccnc(N3CCC(C(=O)NCC4CC4)CC3)n2)cc1. The lowest BCUT2D eigenvalue weighted by Crippen LogP contribution is -2.41. The van der Waals surface area contributed by atoms with Crippen molar-refractivity contribution in [1.29, 1.82) is 0 Å². The maximum atomic E-state index is 12.3. The molecule has 0 unspecified atom stereocenters. The monoisotopic (exact) mass is 381 g/mol. The van der Waals surface area contributed by atoms with Crippen LogP contribution < -0.4 is 20.3 Å². The van der Waals surface area contributed by atoms with E-state index in [1.807, 2.05) is 30.3 Å². The summed E-state index contributed by atoms with van der Waals surface area (Å²) in [4.78, 5) is 23.5. The van der Waals surface area contributed by atoms with Gasteiger partial charge in [-0.3, -0.25) is 4.79 Å². The van der Waals surface area contributed by atoms with Crippen molar-refractivity contribution >= 4 is 23.4 Å². The highest BCUT2D eigenvalue weighted by Crippen LogP contribution is 2.28. The lowest BCUT2D eigenvalue weighted by molar-refractivity contribution is -0.125. The van der Waals surface area contributed by atoms with E-state index in [0.717, 1.165) is 55.6 Å². The van der Waals surface area contributed by atoms with Crippen molar-refractivity contribution in [3.05, 3.63) is 36.5 Å². The molecule has 2 heterocycles. The molecule has 2 fully saturated rings. The summed E-state index contributed by atoms with van der Waals surface area (Å²) in [7, 11) is 1.65. The Balaban J connectivity index is 1.32. The number of hydrogen-bond acceptors (Lipinski definition) is 6. The topological polar surface area (TPSA) is 79.4 Å². The summed E-state index contributed by atoms with van der Waals surface area (Å²) in [5.41, 5.74) is 0.941. The van der Waals surface area contributed by atoms with Crippen LogP contribution in [0.2, 0.25) is 0 Å². The zero-order valence-corrected chi connectivity index (χ0v) is 16.2. The lowest BCUT2D eigenvalue weighted by Gasteiger charge is -2.31. The van der Waals surface area contributed by atoms with E-state index in [-0.39, 0.29) is 11.8 Å². The van der Waals surface area contributed by atoms with Gasteiger partial charge in [0.15, 0.2) is 0 Å². The molecule has 1 saturated carbocycles. The molecular formula is C21H27N5O2. The van der Waals surface area contributed by atoms with Gasteiger partial charge in [0.1, 0.15) is 11.6 Å². The van der Waals surface area contributed by atoms with E-state index in [9.17, 15) is 4.79 Å². The van der Waals surface area contributed by atoms with E-state index in [1.165, 1.54) is 12.8 Å². The minimum atomic E-state index is 0.107. The van der Waals surface area contributed by atoms with Crippen molar-refractivity contribution in [2.45, 2.75) is 25.7 Å². The molecule has 4 rings (SSSR count). The Morgan fingerprint density at radius 3 is 2.57 bits per heavy atom. The highest BCUT2D eigenvalue weighted by molar-refractivity contribution is 5.79. The highest BCUT2D eigenvalue weighted by Gasteiger charge is 2.28. The van der Waals surface area contributed by atoms with Gasteiger partial charge in [-0.2, -0.15) is 4.98 Å². The van der Waals surface area contributed by atoms with Crippen LogP contribution in [0.5, 0.6) is 5.75 Å². The number of nitrogens with one attached hydrogen (secondary N) is 2. The molecule has 2 aromatic rings. The van der Waals surface area contributed by atoms with Gasteiger partial charge in [-0.15, -0.1) is 0 Å². The number of hydrogen-bond donors (Lipinski definition) is 2. The van der Waals surface area contributed by atoms with E-state index >= 15 is 0 Å². The molecule has 1 saturated heterocycles. The van der Waals surface area contributed by atoms with Crippen molar-refractivity contribution in [2.24, 2.45) is 11.8 Å². The number of carbonyl (C=O) groups is 1. The number of aromatic nitrogens is 2. The third kappa shape index (κ3) is 4.71. The molecule has 1 aliphatic carbocycles. The van der Waals surface area contributed by atoms with Crippen LogP contribution in [0.15, 0.2) is 36.5 Å². The summed E-state index contributed by atoms with van der Waals surface area (Å²) >= 11 is 0. The number of anilines is 3. The molecule has 0 spiro atoms. The Kier molecular flexibility index (Phi) is 5.60. The molecule has 7 heteroatoms. The van der Waals surface area contributed by atoms with Gasteiger partial charge in [-0.05, 0) is 61.9 Å². The van der Waals surface area contributed by atoms with Gasteiger partial charge < -0.3 is 20.3 Å². The Morgan fingerprint density at radius 1 is 1.14 bits per heavy atom. The molecule has 1 aromatic carbocycles. The fraction of sp³-hybridized carbons (Fsp3) is 0.476. The standard InChI is InChI=1S/C21H27N5O2/c1-28-18-6-4-17(5-7-18)24-19-8-11-22-21(25-19)26-12-9-16(10-13-26)20(27)23-14-15-2-3-15/h4-8,11,15-16H,2-3,9-10,12-14H2,1H3,(H,23,27)(H,22,24,25). The van der Waals surface area contributed by atoms with Crippen LogP contribution in [0.4, 0.5) is 17.5 Å². The molecule has 0 radical (unpaired) electrons. The molecule has 2 aliphatic rings. The quantitative estimate of drug-likeness (QED) is 0.768. The lowest BCUT2D eigenvalue weighted by atomic mass is 9.96. The van der Waals surface area contributed by atoms with E-state index in [0.29, 0.717) is 5.95 Å². The van der Waals surface area contributed by atoms with Crippen molar-refractivity contribution in [3.8, 4) is 5.75 Å². The predicted molar refractivity (Wildman–Crippen MR) is 109 cm³/mol. The highest BCUT2D eigenvalue weighted by atomic mass is 16.5. The van der Waals surface area contributed by atoms with Crippen LogP contribution in [0, 0.1) is 11.8 Å². The van der Waals surface area contributed by atoms with Gasteiger partial charge in [0.25, 0.3) is 0 Å². The Morgan fingerprint density at radius 2 is 1.89 bits per heavy atom. The summed E-state index contributed by atoms with van der Waals surface area (Å²) in [6.07, 6.45) is 5.97. The van der Waals surface area contributed by atoms with Gasteiger partial charge in [-0.25, -0.2) is 4.98 Å². The van der Waals surface area contributed by atoms with Crippen molar-refractivity contribution in [2.75, 3.05) is 37.0 Å². The third-order valence-corrected chi connectivity index (χ3v) is 5.42. The van der Waals surface area contributed by atoms with Crippen LogP contribution >= 0.6 is 0 Å². The third-order valence-electron chi connectivity index (χ3n) is 5.42. The van der Waals surface area contributed by atoms with Gasteiger partial charge in [0, 0.05) is 37.4 Å². The van der Waals surface area contributed by atoms with Gasteiger partial charge >= 0.3 is 0 Å². The minimum Gasteiger partial charge on any atom is -0.497 e. The molecule has 0 atom stereocenters. The maximum Gasteiger partial charge on any atom is 0.227 e. The second-order valence-corrected chi connectivity index (χ2v) is 7.55. The normalized spacial score (nSPS) is 17.2. The fourth-order valence-electron chi connectivity index (χ4n) is 3.45. The number of methoxy groups -OCH3 is 1. The molecule has 2 N–H and O–H groups in total. The number of rotatable bonds is 7. The summed E-state index contributed by atoms with van der Waals surface area (Å²) in [5, 5.41) is 6.40. The summed E-state index contributed by atoms with van der Waals surface area (Å²) < 4.78 is 5.18. The van der Waals surface area contributed by atoms with Crippen molar-refractivity contribution in [1.82, 2.24) is 15.3 Å². The predicted octanol–water partition coefficient (Wildman–Crippen LogP) is 2.97. The van der Waals surface area contributed by atoms with Gasteiger partial charge in [-0.1, -0.05) is 0 Å². The average Bonchev–Trinajstić information content (AvgIpc) is 3.57. The van der Waals surface area contributed by atoms with Gasteiger partial charge in [0.2, 0.25) is 11.9 Å². The summed E-state index contributed by atoms with van der Waals surface area (Å²) in [5.74, 6) is 3.31. The Labute approximate surface area is 165 Å². The molecule has 0 bridgehead atoms. The number of amides is 1. The number of ether oxygens (including phenoxy) is 1. The molecule has 28 heavy (non-hydrogen) atoms. The first kappa shape index (κ1) is 18.5. The van der Waals surface area contributed by atoms with E-state index in [1.54, 1.807) is 13.3 Å². The van der Waals surface area contributed by atoms with Crippen LogP contribution in [-0.4, -0.2) is 42.6 Å². The zero-order valence-electron chi connectivity index (χ0n) is 16.2. The van der Waals surface area contributed by atoms with E-state index in [4.69, 9.17) is 4.74 Å². The van der Waals surface area contributed by atoms with Crippen LogP contribution in [-0.2, 0) is 4.79 Å². The molecule has 148 valence electrons. The molecular weight excluding hydrogens is 354 g/mol. The zero-order chi connectivity index (χ0) is 19.3. The first-order valence-corrected chi connectivity index (χ1v) is 9.98. The molecule has 1 amide bonds. The molecule has 1 aromatic heterocycles. The first-order chi connectivity index (χ1) is 13.7. The first-order valence-electron chi connectivity index (χ1n) is 9.98. The Hall–Kier alpha value is -2.83. The average molecular weight is 381 g/mol. The number of benzene rings is 1. The van der Waals surface area contributed by atoms with Crippen LogP contribution in [0.25, 0.3) is 0 Å². The second kappa shape index (κ2) is 8.46. The summed E-state index contributed by atoms with van der Waals surface area (Å²) in [6.45, 7) is 2.45. The van der Waals surface area contributed by atoms with Crippen molar-refractivity contribution in [3.63, 3.8) is 0 Å². The van der Waals surface area contributed by atoms with E-state index < -0.39 is 0 Å². The maximum absolute atomic E-state index is 12.3. The van der Waals surface area contributed by atoms with E-state index in [2.05, 4.69) is 25.5 Å². The molecule has 1 aliphatic heterocycles. The minimum absolute atomic E-state index is 0.107. The fourth-order valence-corrected chi connectivity index (χ4v) is 3.45. The van der Waals surface area contributed by atoms with Crippen LogP contribution in [0.1, 0.15) is 25.7 Å². The second-order valence-electron chi connectivity index (χ2n) is 7.55. The largest absolute Gasteiger partial charge is 0.497 e. The van der Waals surface area contributed by atoms with Crippen LogP contribution in [0.3, 0.4) is 0 Å². The smallest absolute Gasteiger partial charge is 0.227 e. The summed E-state index contributed by atoms with van der Waals surface area (Å²) in [6, 6.07) is 9.57. The van der Waals surface area contributed by atoms with Crippen molar-refractivity contribution < 1.29 is 9.53 Å². The number of carbonyl (C=O) groups excluding carboxylic acids is 1.